The topological polar surface area (TPSA) is 71.6 Å². The first-order valence-electron chi connectivity index (χ1n) is 7.17. The zero-order valence-corrected chi connectivity index (χ0v) is 10.9. The maximum atomic E-state index is 9.32. The van der Waals surface area contributed by atoms with Crippen LogP contribution in [0.2, 0.25) is 0 Å². The van der Waals surface area contributed by atoms with E-state index in [1.165, 1.54) is 12.8 Å². The average molecular weight is 265 g/mol. The highest BCUT2D eigenvalue weighted by Gasteiger charge is 2.37. The van der Waals surface area contributed by atoms with Crippen LogP contribution in [0, 0.1) is 0 Å². The molecule has 19 heavy (non-hydrogen) atoms. The second kappa shape index (κ2) is 4.54. The van der Waals surface area contributed by atoms with E-state index in [0.29, 0.717) is 17.8 Å². The maximum absolute atomic E-state index is 9.32. The van der Waals surface area contributed by atoms with Crippen LogP contribution in [0.15, 0.2) is 4.52 Å². The van der Waals surface area contributed by atoms with Gasteiger partial charge in [0.1, 0.15) is 6.10 Å². The van der Waals surface area contributed by atoms with Crippen molar-refractivity contribution in [1.29, 1.82) is 0 Å². The van der Waals surface area contributed by atoms with Gasteiger partial charge in [0.2, 0.25) is 11.7 Å². The van der Waals surface area contributed by atoms with E-state index in [9.17, 15) is 5.11 Å². The van der Waals surface area contributed by atoms with Crippen molar-refractivity contribution in [2.24, 2.45) is 0 Å². The molecule has 2 aliphatic heterocycles. The SMILES string of the molecule is OC1CC(c2nc(C3CN4CCCC4CO3)no2)C1. The number of rotatable bonds is 2. The van der Waals surface area contributed by atoms with Gasteiger partial charge in [0.05, 0.1) is 12.7 Å². The van der Waals surface area contributed by atoms with Crippen molar-refractivity contribution >= 4 is 0 Å². The van der Waals surface area contributed by atoms with Gasteiger partial charge in [-0.3, -0.25) is 4.90 Å². The lowest BCUT2D eigenvalue weighted by atomic mass is 9.82. The van der Waals surface area contributed by atoms with E-state index in [1.807, 2.05) is 0 Å². The molecule has 0 spiro atoms. The van der Waals surface area contributed by atoms with Gasteiger partial charge in [-0.1, -0.05) is 5.16 Å². The summed E-state index contributed by atoms with van der Waals surface area (Å²) in [5.74, 6) is 1.56. The van der Waals surface area contributed by atoms with Crippen molar-refractivity contribution in [2.45, 2.75) is 49.9 Å². The minimum absolute atomic E-state index is 0.0585. The summed E-state index contributed by atoms with van der Waals surface area (Å²) in [6.07, 6.45) is 3.72. The lowest BCUT2D eigenvalue weighted by Crippen LogP contribution is -2.42. The molecule has 1 aromatic heterocycles. The number of aliphatic hydroxyl groups is 1. The highest BCUT2D eigenvalue weighted by molar-refractivity contribution is 5.04. The van der Waals surface area contributed by atoms with Crippen LogP contribution in [0.4, 0.5) is 0 Å². The number of ether oxygens (including phenoxy) is 1. The van der Waals surface area contributed by atoms with Gasteiger partial charge in [-0.15, -0.1) is 0 Å². The van der Waals surface area contributed by atoms with E-state index in [4.69, 9.17) is 9.26 Å². The Hall–Kier alpha value is -0.980. The first-order valence-corrected chi connectivity index (χ1v) is 7.17. The number of morpholine rings is 1. The lowest BCUT2D eigenvalue weighted by molar-refractivity contribution is -0.0548. The van der Waals surface area contributed by atoms with Gasteiger partial charge in [-0.2, -0.15) is 4.98 Å². The molecule has 104 valence electrons. The Labute approximate surface area is 111 Å². The van der Waals surface area contributed by atoms with E-state index in [0.717, 1.165) is 32.5 Å². The van der Waals surface area contributed by atoms with Crippen molar-refractivity contribution in [1.82, 2.24) is 15.0 Å². The molecule has 0 bridgehead atoms. The summed E-state index contributed by atoms with van der Waals surface area (Å²) in [5, 5.41) is 13.4. The van der Waals surface area contributed by atoms with Crippen molar-refractivity contribution in [2.75, 3.05) is 19.7 Å². The van der Waals surface area contributed by atoms with E-state index in [-0.39, 0.29) is 18.1 Å². The van der Waals surface area contributed by atoms with Crippen molar-refractivity contribution < 1.29 is 14.4 Å². The minimum Gasteiger partial charge on any atom is -0.393 e. The molecule has 3 fully saturated rings. The molecule has 1 N–H and O–H groups in total. The molecule has 1 aliphatic carbocycles. The zero-order chi connectivity index (χ0) is 12.8. The van der Waals surface area contributed by atoms with Gasteiger partial charge in [0.15, 0.2) is 0 Å². The number of hydrogen-bond acceptors (Lipinski definition) is 6. The lowest BCUT2D eigenvalue weighted by Gasteiger charge is -2.33. The van der Waals surface area contributed by atoms with Gasteiger partial charge < -0.3 is 14.4 Å². The van der Waals surface area contributed by atoms with Crippen LogP contribution in [0.25, 0.3) is 0 Å². The van der Waals surface area contributed by atoms with Gasteiger partial charge in [0, 0.05) is 18.5 Å². The van der Waals surface area contributed by atoms with Crippen LogP contribution in [-0.4, -0.2) is 52.0 Å². The molecule has 6 heteroatoms. The summed E-state index contributed by atoms with van der Waals surface area (Å²) in [6.45, 7) is 2.80. The molecule has 2 atom stereocenters. The van der Waals surface area contributed by atoms with Crippen molar-refractivity contribution in [3.8, 4) is 0 Å². The molecule has 6 nitrogen and oxygen atoms in total. The van der Waals surface area contributed by atoms with E-state index in [2.05, 4.69) is 15.0 Å². The summed E-state index contributed by atoms with van der Waals surface area (Å²) in [4.78, 5) is 6.93. The highest BCUT2D eigenvalue weighted by Crippen LogP contribution is 2.36. The minimum atomic E-state index is -0.198. The molecular weight excluding hydrogens is 246 g/mol. The summed E-state index contributed by atoms with van der Waals surface area (Å²) >= 11 is 0. The predicted molar refractivity (Wildman–Crippen MR) is 65.6 cm³/mol. The molecule has 3 aliphatic rings. The number of fused-ring (bicyclic) bond motifs is 1. The smallest absolute Gasteiger partial charge is 0.230 e. The molecular formula is C13H19N3O3. The molecule has 4 rings (SSSR count). The molecule has 0 aromatic carbocycles. The van der Waals surface area contributed by atoms with Crippen LogP contribution in [0.1, 0.15) is 49.4 Å². The largest absolute Gasteiger partial charge is 0.393 e. The summed E-state index contributed by atoms with van der Waals surface area (Å²) < 4.78 is 11.2. The molecule has 2 saturated heterocycles. The zero-order valence-electron chi connectivity index (χ0n) is 10.9. The van der Waals surface area contributed by atoms with Crippen molar-refractivity contribution in [3.63, 3.8) is 0 Å². The first-order chi connectivity index (χ1) is 9.29. The van der Waals surface area contributed by atoms with Crippen molar-refractivity contribution in [3.05, 3.63) is 11.7 Å². The molecule has 3 heterocycles. The Kier molecular flexibility index (Phi) is 2.82. The summed E-state index contributed by atoms with van der Waals surface area (Å²) in [5.41, 5.74) is 0. The fraction of sp³-hybridized carbons (Fsp3) is 0.846. The van der Waals surface area contributed by atoms with Crippen LogP contribution in [0.5, 0.6) is 0 Å². The average Bonchev–Trinajstić information content (AvgIpc) is 3.02. The highest BCUT2D eigenvalue weighted by atomic mass is 16.5. The second-order valence-electron chi connectivity index (χ2n) is 5.93. The van der Waals surface area contributed by atoms with Crippen LogP contribution < -0.4 is 0 Å². The molecule has 2 unspecified atom stereocenters. The Morgan fingerprint density at radius 3 is 3.05 bits per heavy atom. The standard InChI is InChI=1S/C13H19N3O3/c17-10-4-8(5-10)13-14-12(15-19-13)11-6-16-3-1-2-9(16)7-18-11/h8-11,17H,1-7H2. The number of aliphatic hydroxyl groups excluding tert-OH is 1. The van der Waals surface area contributed by atoms with Gasteiger partial charge in [-0.25, -0.2) is 0 Å². The maximum Gasteiger partial charge on any atom is 0.230 e. The van der Waals surface area contributed by atoms with Crippen LogP contribution in [-0.2, 0) is 4.74 Å². The predicted octanol–water partition coefficient (Wildman–Crippen LogP) is 0.844. The number of nitrogens with zero attached hydrogens (tertiary/aromatic N) is 3. The Morgan fingerprint density at radius 1 is 1.32 bits per heavy atom. The fourth-order valence-electron chi connectivity index (χ4n) is 3.31. The quantitative estimate of drug-likeness (QED) is 0.854. The Morgan fingerprint density at radius 2 is 2.21 bits per heavy atom. The molecule has 1 saturated carbocycles. The Balaban J connectivity index is 1.44. The molecule has 0 radical (unpaired) electrons. The molecule has 1 aromatic rings. The van der Waals surface area contributed by atoms with Gasteiger partial charge in [0.25, 0.3) is 0 Å². The monoisotopic (exact) mass is 265 g/mol. The van der Waals surface area contributed by atoms with Gasteiger partial charge in [-0.05, 0) is 32.2 Å². The van der Waals surface area contributed by atoms with Crippen LogP contribution >= 0.6 is 0 Å². The fourth-order valence-corrected chi connectivity index (χ4v) is 3.31. The van der Waals surface area contributed by atoms with E-state index >= 15 is 0 Å². The number of aromatic nitrogens is 2. The third kappa shape index (κ3) is 2.07. The summed E-state index contributed by atoms with van der Waals surface area (Å²) in [6, 6.07) is 0.587. The summed E-state index contributed by atoms with van der Waals surface area (Å²) in [7, 11) is 0. The van der Waals surface area contributed by atoms with Crippen LogP contribution in [0.3, 0.4) is 0 Å². The number of hydrogen-bond donors (Lipinski definition) is 1. The third-order valence-corrected chi connectivity index (χ3v) is 4.60. The normalized spacial score (nSPS) is 39.0. The van der Waals surface area contributed by atoms with E-state index in [1.54, 1.807) is 0 Å². The first kappa shape index (κ1) is 11.8. The second-order valence-corrected chi connectivity index (χ2v) is 5.93. The third-order valence-electron chi connectivity index (χ3n) is 4.60. The van der Waals surface area contributed by atoms with E-state index < -0.39 is 0 Å². The molecule has 0 amide bonds. The van der Waals surface area contributed by atoms with Gasteiger partial charge >= 0.3 is 0 Å². The Bertz CT molecular complexity index is 458.